The van der Waals surface area contributed by atoms with E-state index < -0.39 is 0 Å². The van der Waals surface area contributed by atoms with Gasteiger partial charge in [0.2, 0.25) is 0 Å². The van der Waals surface area contributed by atoms with E-state index in [2.05, 4.69) is 53.1 Å². The van der Waals surface area contributed by atoms with Gasteiger partial charge in [-0.25, -0.2) is 0 Å². The highest BCUT2D eigenvalue weighted by Gasteiger charge is 2.12. The minimum atomic E-state index is 0.661. The number of hydrogen-bond acceptors (Lipinski definition) is 4. The van der Waals surface area contributed by atoms with Crippen LogP contribution in [0, 0.1) is 0 Å². The lowest BCUT2D eigenvalue weighted by atomic mass is 9.90. The molecule has 0 saturated heterocycles. The van der Waals surface area contributed by atoms with Crippen LogP contribution < -0.4 is 9.47 Å². The molecule has 5 heteroatoms. The second kappa shape index (κ2) is 12.6. The molecule has 0 radical (unpaired) electrons. The monoisotopic (exact) mass is 478 g/mol. The Morgan fingerprint density at radius 2 is 1.00 bits per heavy atom. The number of halogens is 1. The minimum Gasteiger partial charge on any atom is -0.492 e. The van der Waals surface area contributed by atoms with Gasteiger partial charge in [-0.1, -0.05) is 48.0 Å². The van der Waals surface area contributed by atoms with Crippen molar-refractivity contribution in [2.75, 3.05) is 54.5 Å². The van der Waals surface area contributed by atoms with Crippen LogP contribution in [0.15, 0.2) is 72.8 Å². The Labute approximate surface area is 209 Å². The summed E-state index contributed by atoms with van der Waals surface area (Å²) in [7, 11) is 8.17. The van der Waals surface area contributed by atoms with E-state index in [0.717, 1.165) is 46.3 Å². The molecule has 0 aliphatic heterocycles. The third-order valence-electron chi connectivity index (χ3n) is 5.55. The van der Waals surface area contributed by atoms with E-state index >= 15 is 0 Å². The molecule has 3 aromatic carbocycles. The Hall–Kier alpha value is -2.79. The number of hydrogen-bond donors (Lipinski definition) is 0. The Morgan fingerprint density at radius 3 is 1.38 bits per heavy atom. The molecule has 0 unspecified atom stereocenters. The normalized spacial score (nSPS) is 11.1. The lowest BCUT2D eigenvalue weighted by Gasteiger charge is -2.16. The molecule has 4 nitrogen and oxygen atoms in total. The molecule has 3 aromatic rings. The van der Waals surface area contributed by atoms with Gasteiger partial charge in [-0.3, -0.25) is 0 Å². The highest BCUT2D eigenvalue weighted by Crippen LogP contribution is 2.34. The summed E-state index contributed by atoms with van der Waals surface area (Å²) in [6.07, 6.45) is 0. The average Bonchev–Trinajstić information content (AvgIpc) is 2.81. The third-order valence-corrected chi connectivity index (χ3v) is 5.80. The molecule has 3 rings (SSSR count). The van der Waals surface area contributed by atoms with E-state index in [1.54, 1.807) is 0 Å². The predicted molar refractivity (Wildman–Crippen MR) is 144 cm³/mol. The van der Waals surface area contributed by atoms with E-state index in [4.69, 9.17) is 21.1 Å². The molecule has 0 spiro atoms. The first-order chi connectivity index (χ1) is 16.3. The minimum absolute atomic E-state index is 0.661. The molecule has 34 heavy (non-hydrogen) atoms. The van der Waals surface area contributed by atoms with Crippen molar-refractivity contribution in [2.45, 2.75) is 6.92 Å². The Kier molecular flexibility index (Phi) is 9.58. The maximum Gasteiger partial charge on any atom is 0.119 e. The van der Waals surface area contributed by atoms with Crippen LogP contribution >= 0.6 is 11.6 Å². The summed E-state index contributed by atoms with van der Waals surface area (Å²) in [4.78, 5) is 4.22. The fourth-order valence-electron chi connectivity index (χ4n) is 3.57. The summed E-state index contributed by atoms with van der Waals surface area (Å²) in [5.41, 5.74) is 5.75. The SMILES string of the molecule is CC(=C(c1ccc(OCCN(C)C)cc1)c1ccc(OCCN(C)C)cc1)c1ccc(Cl)cc1. The van der Waals surface area contributed by atoms with Gasteiger partial charge in [0.25, 0.3) is 0 Å². The van der Waals surface area contributed by atoms with E-state index in [-0.39, 0.29) is 0 Å². The molecule has 0 saturated carbocycles. The van der Waals surface area contributed by atoms with Crippen LogP contribution in [0.2, 0.25) is 5.02 Å². The number of allylic oxidation sites excluding steroid dienone is 1. The molecule has 0 aromatic heterocycles. The van der Waals surface area contributed by atoms with Crippen molar-refractivity contribution in [1.29, 1.82) is 0 Å². The van der Waals surface area contributed by atoms with Crippen LogP contribution in [0.3, 0.4) is 0 Å². The average molecular weight is 479 g/mol. The van der Waals surface area contributed by atoms with Crippen LogP contribution in [0.4, 0.5) is 0 Å². The third kappa shape index (κ3) is 7.63. The highest BCUT2D eigenvalue weighted by atomic mass is 35.5. The van der Waals surface area contributed by atoms with Gasteiger partial charge in [-0.15, -0.1) is 0 Å². The van der Waals surface area contributed by atoms with Gasteiger partial charge in [-0.2, -0.15) is 0 Å². The summed E-state index contributed by atoms with van der Waals surface area (Å²) in [5, 5.41) is 0.733. The van der Waals surface area contributed by atoms with Gasteiger partial charge in [0.15, 0.2) is 0 Å². The molecule has 0 atom stereocenters. The Morgan fingerprint density at radius 1 is 0.618 bits per heavy atom. The number of likely N-dealkylation sites (N-methyl/N-ethyl adjacent to an activating group) is 2. The first kappa shape index (κ1) is 25.8. The second-order valence-electron chi connectivity index (χ2n) is 8.86. The standard InChI is InChI=1S/C29H35ClN2O2/c1-22(23-6-12-26(30)13-7-23)29(24-8-14-27(15-9-24)33-20-18-31(2)3)25-10-16-28(17-11-25)34-21-19-32(4)5/h6-17H,18-21H2,1-5H3. The van der Waals surface area contributed by atoms with E-state index in [9.17, 15) is 0 Å². The maximum atomic E-state index is 6.14. The van der Waals surface area contributed by atoms with Gasteiger partial charge in [0, 0.05) is 18.1 Å². The van der Waals surface area contributed by atoms with Crippen molar-refractivity contribution in [3.8, 4) is 11.5 Å². The van der Waals surface area contributed by atoms with Crippen LogP contribution in [-0.4, -0.2) is 64.3 Å². The molecule has 0 N–H and O–H groups in total. The molecular formula is C29H35ClN2O2. The van der Waals surface area contributed by atoms with E-state index in [0.29, 0.717) is 13.2 Å². The molecule has 0 aliphatic rings. The maximum absolute atomic E-state index is 6.14. The summed E-state index contributed by atoms with van der Waals surface area (Å²) in [5.74, 6) is 1.75. The molecule has 180 valence electrons. The van der Waals surface area contributed by atoms with Crippen LogP contribution in [0.5, 0.6) is 11.5 Å². The van der Waals surface area contributed by atoms with Crippen LogP contribution in [0.1, 0.15) is 23.6 Å². The fourth-order valence-corrected chi connectivity index (χ4v) is 3.70. The number of ether oxygens (including phenoxy) is 2. The van der Waals surface area contributed by atoms with Crippen molar-refractivity contribution < 1.29 is 9.47 Å². The summed E-state index contributed by atoms with van der Waals surface area (Å²) in [6.45, 7) is 5.24. The zero-order valence-electron chi connectivity index (χ0n) is 20.8. The van der Waals surface area contributed by atoms with Crippen LogP contribution in [-0.2, 0) is 0 Å². The molecule has 0 fully saturated rings. The van der Waals surface area contributed by atoms with Crippen molar-refractivity contribution in [3.63, 3.8) is 0 Å². The zero-order chi connectivity index (χ0) is 24.5. The summed E-state index contributed by atoms with van der Waals surface area (Å²) >= 11 is 6.14. The van der Waals surface area contributed by atoms with Gasteiger partial charge in [0.05, 0.1) is 0 Å². The molecule has 0 heterocycles. The summed E-state index contributed by atoms with van der Waals surface area (Å²) in [6, 6.07) is 24.7. The van der Waals surface area contributed by atoms with Crippen molar-refractivity contribution in [1.82, 2.24) is 9.80 Å². The van der Waals surface area contributed by atoms with Gasteiger partial charge in [-0.05, 0) is 99.3 Å². The number of nitrogens with zero attached hydrogens (tertiary/aromatic N) is 2. The topological polar surface area (TPSA) is 24.9 Å². The zero-order valence-corrected chi connectivity index (χ0v) is 21.6. The number of benzene rings is 3. The number of rotatable bonds is 11. The van der Waals surface area contributed by atoms with Crippen molar-refractivity contribution in [3.05, 3.63) is 94.5 Å². The lowest BCUT2D eigenvalue weighted by molar-refractivity contribution is 0.261. The molecule has 0 bridgehead atoms. The lowest BCUT2D eigenvalue weighted by Crippen LogP contribution is -2.19. The molecule has 0 aliphatic carbocycles. The van der Waals surface area contributed by atoms with Gasteiger partial charge < -0.3 is 19.3 Å². The second-order valence-corrected chi connectivity index (χ2v) is 9.30. The van der Waals surface area contributed by atoms with Gasteiger partial charge in [0.1, 0.15) is 24.7 Å². The van der Waals surface area contributed by atoms with E-state index in [1.165, 1.54) is 11.1 Å². The van der Waals surface area contributed by atoms with Crippen molar-refractivity contribution >= 4 is 22.7 Å². The smallest absolute Gasteiger partial charge is 0.119 e. The quantitative estimate of drug-likeness (QED) is 0.306. The summed E-state index contributed by atoms with van der Waals surface area (Å²) < 4.78 is 11.8. The van der Waals surface area contributed by atoms with Gasteiger partial charge >= 0.3 is 0 Å². The largest absolute Gasteiger partial charge is 0.492 e. The first-order valence-corrected chi connectivity index (χ1v) is 11.9. The molecule has 0 amide bonds. The first-order valence-electron chi connectivity index (χ1n) is 11.6. The highest BCUT2D eigenvalue weighted by molar-refractivity contribution is 6.30. The fraction of sp³-hybridized carbons (Fsp3) is 0.310. The van der Waals surface area contributed by atoms with E-state index in [1.807, 2.05) is 64.6 Å². The van der Waals surface area contributed by atoms with Crippen molar-refractivity contribution in [2.24, 2.45) is 0 Å². The molecular weight excluding hydrogens is 444 g/mol. The Balaban J connectivity index is 1.90. The Bertz CT molecular complexity index is 997. The van der Waals surface area contributed by atoms with Crippen LogP contribution in [0.25, 0.3) is 11.1 Å². The predicted octanol–water partition coefficient (Wildman–Crippen LogP) is 6.20.